The van der Waals surface area contributed by atoms with Gasteiger partial charge in [-0.3, -0.25) is 14.7 Å². The smallest absolute Gasteiger partial charge is 0.338 e. The minimum atomic E-state index is -0.781. The quantitative estimate of drug-likeness (QED) is 0.462. The lowest BCUT2D eigenvalue weighted by Gasteiger charge is -2.57. The highest BCUT2D eigenvalue weighted by molar-refractivity contribution is 9.10. The summed E-state index contributed by atoms with van der Waals surface area (Å²) < 4.78 is 25.6. The lowest BCUT2D eigenvalue weighted by molar-refractivity contribution is -0.138. The van der Waals surface area contributed by atoms with Crippen LogP contribution >= 0.6 is 27.3 Å². The molecule has 1 saturated carbocycles. The number of likely N-dealkylation sites (tertiary alicyclic amines) is 1. The summed E-state index contributed by atoms with van der Waals surface area (Å²) in [7, 11) is 1.33. The van der Waals surface area contributed by atoms with Crippen LogP contribution in [0.25, 0.3) is 0 Å². The van der Waals surface area contributed by atoms with E-state index < -0.39 is 23.8 Å². The van der Waals surface area contributed by atoms with Crippen LogP contribution in [0.3, 0.4) is 0 Å². The first-order valence-corrected chi connectivity index (χ1v) is 14.0. The van der Waals surface area contributed by atoms with Crippen molar-refractivity contribution in [2.24, 2.45) is 16.3 Å². The van der Waals surface area contributed by atoms with Crippen LogP contribution in [0, 0.1) is 17.2 Å². The SMILES string of the molecule is COC(=O)C1=C(CN2C3COCC34CC(CC(=O)O)CC24)NC(c2nccs2)=N[C@H]1c1ccc(F)cc1Br. The Kier molecular flexibility index (Phi) is 6.61. The standard InChI is InChI=1S/C26H26BrFN4O5S/c1-36-25(35)21-17(10-32-18-6-13(7-20(33)34)9-26(18)12-37-11-19(26)32)30-23(24-29-4-5-38-24)31-22(21)15-3-2-14(28)8-16(15)27/h2-5,8,13,18-19,22H,6-7,9-12H2,1H3,(H,30,31)(H,33,34)/t13?,18?,19?,22-,26?/m0/s1. The molecule has 200 valence electrons. The number of nitrogens with one attached hydrogen (secondary N) is 1. The van der Waals surface area contributed by atoms with Crippen molar-refractivity contribution < 1.29 is 28.6 Å². The number of methoxy groups -OCH3 is 1. The number of carbonyl (C=O) groups is 2. The number of benzene rings is 1. The van der Waals surface area contributed by atoms with E-state index in [2.05, 4.69) is 31.1 Å². The summed E-state index contributed by atoms with van der Waals surface area (Å²) in [5.74, 6) is -1.10. The lowest BCUT2D eigenvalue weighted by atomic mass is 9.68. The van der Waals surface area contributed by atoms with Gasteiger partial charge < -0.3 is 19.9 Å². The fourth-order valence-corrected chi connectivity index (χ4v) is 7.90. The number of aliphatic carboxylic acids is 1. The van der Waals surface area contributed by atoms with E-state index in [1.165, 1.54) is 30.6 Å². The molecule has 2 aromatic rings. The third-order valence-electron chi connectivity index (χ3n) is 8.23. The first kappa shape index (κ1) is 25.6. The van der Waals surface area contributed by atoms with Gasteiger partial charge in [-0.15, -0.1) is 11.3 Å². The predicted octanol–water partition coefficient (Wildman–Crippen LogP) is 3.52. The Morgan fingerprint density at radius 1 is 1.39 bits per heavy atom. The Balaban J connectivity index is 1.39. The van der Waals surface area contributed by atoms with E-state index in [1.807, 2.05) is 5.38 Å². The number of rotatable bonds is 7. The second-order valence-electron chi connectivity index (χ2n) is 10.2. The third kappa shape index (κ3) is 4.18. The topological polar surface area (TPSA) is 113 Å². The maximum Gasteiger partial charge on any atom is 0.338 e. The molecule has 4 unspecified atom stereocenters. The number of ether oxygens (including phenoxy) is 2. The van der Waals surface area contributed by atoms with Crippen LogP contribution in [0.2, 0.25) is 0 Å². The summed E-state index contributed by atoms with van der Waals surface area (Å²) in [5, 5.41) is 15.3. The molecule has 38 heavy (non-hydrogen) atoms. The first-order valence-electron chi connectivity index (χ1n) is 12.4. The van der Waals surface area contributed by atoms with Crippen LogP contribution in [0.5, 0.6) is 0 Å². The van der Waals surface area contributed by atoms with Gasteiger partial charge in [0.2, 0.25) is 0 Å². The number of aromatic nitrogens is 1. The molecule has 0 amide bonds. The summed E-state index contributed by atoms with van der Waals surface area (Å²) >= 11 is 4.87. The highest BCUT2D eigenvalue weighted by Crippen LogP contribution is 2.60. The summed E-state index contributed by atoms with van der Waals surface area (Å²) in [5.41, 5.74) is 1.56. The third-order valence-corrected chi connectivity index (χ3v) is 9.69. The van der Waals surface area contributed by atoms with Gasteiger partial charge >= 0.3 is 11.9 Å². The number of thiazole rings is 1. The highest BCUT2D eigenvalue weighted by Gasteiger charge is 2.67. The molecular formula is C26H26BrFN4O5S. The molecule has 1 aliphatic carbocycles. The normalized spacial score (nSPS) is 30.2. The van der Waals surface area contributed by atoms with Gasteiger partial charge in [0.15, 0.2) is 10.8 Å². The van der Waals surface area contributed by atoms with Crippen LogP contribution in [0.1, 0.15) is 35.9 Å². The molecule has 3 fully saturated rings. The van der Waals surface area contributed by atoms with Crippen molar-refractivity contribution in [1.29, 1.82) is 0 Å². The highest BCUT2D eigenvalue weighted by atomic mass is 79.9. The number of carboxylic acid groups (broad SMARTS) is 1. The van der Waals surface area contributed by atoms with Crippen LogP contribution < -0.4 is 5.32 Å². The van der Waals surface area contributed by atoms with E-state index in [0.29, 0.717) is 51.9 Å². The van der Waals surface area contributed by atoms with E-state index in [4.69, 9.17) is 14.5 Å². The van der Waals surface area contributed by atoms with Crippen LogP contribution in [-0.2, 0) is 19.1 Å². The lowest BCUT2D eigenvalue weighted by Crippen LogP contribution is -2.69. The zero-order valence-electron chi connectivity index (χ0n) is 20.5. The number of carbonyl (C=O) groups excluding carboxylic acids is 1. The second-order valence-corrected chi connectivity index (χ2v) is 12.0. The first-order chi connectivity index (χ1) is 18.3. The fraction of sp³-hybridized carbons (Fsp3) is 0.462. The van der Waals surface area contributed by atoms with Gasteiger partial charge in [-0.1, -0.05) is 22.0 Å². The monoisotopic (exact) mass is 604 g/mol. The van der Waals surface area contributed by atoms with Crippen molar-refractivity contribution in [3.05, 3.63) is 61.9 Å². The maximum atomic E-state index is 14.0. The zero-order chi connectivity index (χ0) is 26.6. The van der Waals surface area contributed by atoms with Gasteiger partial charge in [-0.2, -0.15) is 0 Å². The molecular weight excluding hydrogens is 579 g/mol. The minimum absolute atomic E-state index is 0.0492. The summed E-state index contributed by atoms with van der Waals surface area (Å²) in [6, 6.07) is 3.86. The number of carboxylic acids is 1. The maximum absolute atomic E-state index is 14.0. The molecule has 4 aliphatic rings. The zero-order valence-corrected chi connectivity index (χ0v) is 22.9. The molecule has 5 atom stereocenters. The molecule has 6 rings (SSSR count). The van der Waals surface area contributed by atoms with Crippen molar-refractivity contribution >= 4 is 45.0 Å². The second kappa shape index (κ2) is 9.82. The fourth-order valence-electron chi connectivity index (χ4n) is 6.74. The molecule has 4 heterocycles. The van der Waals surface area contributed by atoms with Gasteiger partial charge in [0.25, 0.3) is 0 Å². The number of nitrogens with zero attached hydrogens (tertiary/aromatic N) is 3. The predicted molar refractivity (Wildman–Crippen MR) is 140 cm³/mol. The molecule has 1 spiro atoms. The number of aliphatic imine (C=N–C) groups is 1. The Labute approximate surface area is 230 Å². The van der Waals surface area contributed by atoms with Crippen molar-refractivity contribution in [2.75, 3.05) is 26.9 Å². The van der Waals surface area contributed by atoms with Gasteiger partial charge in [-0.25, -0.2) is 14.2 Å². The number of hydrogen-bond donors (Lipinski definition) is 2. The van der Waals surface area contributed by atoms with E-state index in [1.54, 1.807) is 12.3 Å². The molecule has 1 aromatic heterocycles. The van der Waals surface area contributed by atoms with Gasteiger partial charge in [-0.05, 0) is 36.5 Å². The Morgan fingerprint density at radius 2 is 2.24 bits per heavy atom. The largest absolute Gasteiger partial charge is 0.481 e. The summed E-state index contributed by atoms with van der Waals surface area (Å²) in [6.07, 6.45) is 3.44. The summed E-state index contributed by atoms with van der Waals surface area (Å²) in [4.78, 5) is 36.3. The number of esters is 1. The molecule has 3 aliphatic heterocycles. The van der Waals surface area contributed by atoms with Crippen LogP contribution in [-0.4, -0.2) is 71.7 Å². The van der Waals surface area contributed by atoms with Crippen LogP contribution in [0.15, 0.2) is 50.5 Å². The Morgan fingerprint density at radius 3 is 2.95 bits per heavy atom. The minimum Gasteiger partial charge on any atom is -0.481 e. The number of halogens is 2. The average molecular weight is 605 g/mol. The van der Waals surface area contributed by atoms with Crippen molar-refractivity contribution in [3.8, 4) is 0 Å². The molecule has 2 N–H and O–H groups in total. The van der Waals surface area contributed by atoms with Crippen molar-refractivity contribution in [2.45, 2.75) is 37.4 Å². The van der Waals surface area contributed by atoms with E-state index in [9.17, 15) is 19.1 Å². The molecule has 0 radical (unpaired) electrons. The van der Waals surface area contributed by atoms with Gasteiger partial charge in [0.1, 0.15) is 11.9 Å². The molecule has 0 bridgehead atoms. The van der Waals surface area contributed by atoms with Gasteiger partial charge in [0.05, 0.1) is 25.9 Å². The van der Waals surface area contributed by atoms with Crippen LogP contribution in [0.4, 0.5) is 4.39 Å². The number of hydrogen-bond acceptors (Lipinski definition) is 9. The summed E-state index contributed by atoms with van der Waals surface area (Å²) in [6.45, 7) is 1.60. The molecule has 9 nitrogen and oxygen atoms in total. The van der Waals surface area contributed by atoms with Crippen molar-refractivity contribution in [3.63, 3.8) is 0 Å². The van der Waals surface area contributed by atoms with E-state index in [-0.39, 0.29) is 29.8 Å². The average Bonchev–Trinajstić information content (AvgIpc) is 3.61. The van der Waals surface area contributed by atoms with E-state index >= 15 is 0 Å². The van der Waals surface area contributed by atoms with Crippen molar-refractivity contribution in [1.82, 2.24) is 15.2 Å². The number of amidine groups is 1. The molecule has 2 saturated heterocycles. The molecule has 12 heteroatoms. The Bertz CT molecular complexity index is 1350. The molecule has 1 aromatic carbocycles. The Hall–Kier alpha value is -2.67. The van der Waals surface area contributed by atoms with E-state index in [0.717, 1.165) is 12.8 Å². The van der Waals surface area contributed by atoms with Gasteiger partial charge in [0, 0.05) is 52.2 Å².